The monoisotopic (exact) mass is 470 g/mol. The van der Waals surface area contributed by atoms with Gasteiger partial charge in [-0.25, -0.2) is 14.5 Å². The quantitative estimate of drug-likeness (QED) is 0.329. The zero-order valence-corrected chi connectivity index (χ0v) is 20.1. The summed E-state index contributed by atoms with van der Waals surface area (Å²) in [4.78, 5) is 21.1. The van der Waals surface area contributed by atoms with Crippen molar-refractivity contribution in [2.75, 3.05) is 13.7 Å². The van der Waals surface area contributed by atoms with Crippen molar-refractivity contribution in [3.05, 3.63) is 71.2 Å². The molecule has 178 valence electrons. The third kappa shape index (κ3) is 4.21. The Morgan fingerprint density at radius 2 is 1.91 bits per heavy atom. The van der Waals surface area contributed by atoms with E-state index in [9.17, 15) is 4.79 Å². The molecule has 0 unspecified atom stereocenters. The summed E-state index contributed by atoms with van der Waals surface area (Å²) in [7, 11) is 1.56. The maximum atomic E-state index is 12.0. The second kappa shape index (κ2) is 9.17. The van der Waals surface area contributed by atoms with Crippen molar-refractivity contribution in [1.29, 1.82) is 0 Å². The maximum Gasteiger partial charge on any atom is 0.341 e. The molecule has 0 saturated carbocycles. The van der Waals surface area contributed by atoms with Crippen molar-refractivity contribution in [1.82, 2.24) is 29.5 Å². The van der Waals surface area contributed by atoms with Crippen LogP contribution in [-0.2, 0) is 17.7 Å². The second-order valence-electron chi connectivity index (χ2n) is 8.34. The number of hydrogen-bond donors (Lipinski definition) is 0. The third-order valence-electron chi connectivity index (χ3n) is 6.17. The summed E-state index contributed by atoms with van der Waals surface area (Å²) in [6.07, 6.45) is 5.44. The van der Waals surface area contributed by atoms with E-state index in [1.54, 1.807) is 20.2 Å². The highest BCUT2D eigenvalue weighted by Crippen LogP contribution is 2.25. The molecule has 0 amide bonds. The number of carbonyl (C=O) groups excluding carboxylic acids is 1. The maximum absolute atomic E-state index is 12.0. The molecular weight excluding hydrogens is 444 g/mol. The smallest absolute Gasteiger partial charge is 0.341 e. The molecule has 0 radical (unpaired) electrons. The van der Waals surface area contributed by atoms with E-state index < -0.39 is 5.97 Å². The van der Waals surface area contributed by atoms with Gasteiger partial charge in [-0.3, -0.25) is 4.68 Å². The van der Waals surface area contributed by atoms with E-state index in [-0.39, 0.29) is 12.6 Å². The fourth-order valence-electron chi connectivity index (χ4n) is 4.15. The van der Waals surface area contributed by atoms with Gasteiger partial charge in [-0.05, 0) is 54.7 Å². The standard InChI is InChI=1S/C26H26N6O3/c1-5-35-25(33)20-13-27-32(15-20)26-29-22-14-28-31(23(22)24(30-26)34-4)11-10-18-7-9-21-17(3)16(2)6-8-19(21)12-18/h6-9,12-15H,5,10-11H2,1-4H3. The van der Waals surface area contributed by atoms with E-state index in [2.05, 4.69) is 64.3 Å². The number of esters is 1. The van der Waals surface area contributed by atoms with Crippen LogP contribution in [-0.4, -0.2) is 49.2 Å². The van der Waals surface area contributed by atoms with Gasteiger partial charge in [-0.15, -0.1) is 0 Å². The molecule has 0 saturated heterocycles. The van der Waals surface area contributed by atoms with E-state index in [0.717, 1.165) is 6.42 Å². The van der Waals surface area contributed by atoms with Gasteiger partial charge in [-0.2, -0.15) is 15.2 Å². The van der Waals surface area contributed by atoms with Gasteiger partial charge in [0.15, 0.2) is 0 Å². The van der Waals surface area contributed by atoms with Gasteiger partial charge in [0.1, 0.15) is 11.0 Å². The Morgan fingerprint density at radius 3 is 2.71 bits per heavy atom. The zero-order chi connectivity index (χ0) is 24.5. The first-order chi connectivity index (χ1) is 17.0. The molecular formula is C26H26N6O3. The molecule has 2 aromatic carbocycles. The van der Waals surface area contributed by atoms with Gasteiger partial charge in [-0.1, -0.05) is 30.3 Å². The SMILES string of the molecule is CCOC(=O)c1cnn(-c2nc(OC)c3c(cnn3CCc3ccc4c(C)c(C)ccc4c3)n2)c1. The molecule has 5 aromatic rings. The van der Waals surface area contributed by atoms with Crippen molar-refractivity contribution in [2.24, 2.45) is 0 Å². The Bertz CT molecular complexity index is 1550. The van der Waals surface area contributed by atoms with Crippen LogP contribution < -0.4 is 4.74 Å². The Balaban J connectivity index is 1.42. The molecule has 5 rings (SSSR count). The molecule has 35 heavy (non-hydrogen) atoms. The summed E-state index contributed by atoms with van der Waals surface area (Å²) >= 11 is 0. The van der Waals surface area contributed by atoms with Gasteiger partial charge in [0.2, 0.25) is 5.88 Å². The number of ether oxygens (including phenoxy) is 2. The molecule has 3 aromatic heterocycles. The summed E-state index contributed by atoms with van der Waals surface area (Å²) in [6.45, 7) is 6.99. The highest BCUT2D eigenvalue weighted by Gasteiger charge is 2.17. The molecule has 0 spiro atoms. The molecule has 3 heterocycles. The first kappa shape index (κ1) is 22.5. The largest absolute Gasteiger partial charge is 0.479 e. The van der Waals surface area contributed by atoms with Crippen LogP contribution in [0.5, 0.6) is 5.88 Å². The molecule has 0 fully saturated rings. The minimum Gasteiger partial charge on any atom is -0.479 e. The van der Waals surface area contributed by atoms with Crippen LogP contribution in [0.4, 0.5) is 0 Å². The molecule has 9 heteroatoms. The normalized spacial score (nSPS) is 11.3. The minimum atomic E-state index is -0.446. The first-order valence-corrected chi connectivity index (χ1v) is 11.5. The Morgan fingerprint density at radius 1 is 1.06 bits per heavy atom. The number of benzene rings is 2. The van der Waals surface area contributed by atoms with Crippen LogP contribution in [0, 0.1) is 13.8 Å². The number of hydrogen-bond acceptors (Lipinski definition) is 7. The van der Waals surface area contributed by atoms with E-state index >= 15 is 0 Å². The Hall–Kier alpha value is -4.27. The fourth-order valence-corrected chi connectivity index (χ4v) is 4.15. The molecule has 0 aliphatic carbocycles. The second-order valence-corrected chi connectivity index (χ2v) is 8.34. The van der Waals surface area contributed by atoms with Gasteiger partial charge >= 0.3 is 5.97 Å². The van der Waals surface area contributed by atoms with E-state index in [1.165, 1.54) is 44.5 Å². The van der Waals surface area contributed by atoms with E-state index in [1.807, 2.05) is 4.68 Å². The number of methoxy groups -OCH3 is 1. The van der Waals surface area contributed by atoms with Crippen molar-refractivity contribution in [2.45, 2.75) is 33.7 Å². The topological polar surface area (TPSA) is 97.0 Å². The Kier molecular flexibility index (Phi) is 5.90. The van der Waals surface area contributed by atoms with Gasteiger partial charge in [0, 0.05) is 12.7 Å². The summed E-state index contributed by atoms with van der Waals surface area (Å²) in [5, 5.41) is 11.3. The first-order valence-electron chi connectivity index (χ1n) is 11.5. The predicted molar refractivity (Wildman–Crippen MR) is 132 cm³/mol. The van der Waals surface area contributed by atoms with E-state index in [0.29, 0.717) is 29.0 Å². The number of carbonyl (C=O) groups is 1. The highest BCUT2D eigenvalue weighted by atomic mass is 16.5. The minimum absolute atomic E-state index is 0.282. The van der Waals surface area contributed by atoms with Crippen molar-refractivity contribution < 1.29 is 14.3 Å². The lowest BCUT2D eigenvalue weighted by molar-refractivity contribution is 0.0526. The van der Waals surface area contributed by atoms with Gasteiger partial charge < -0.3 is 9.47 Å². The summed E-state index contributed by atoms with van der Waals surface area (Å²) in [5.41, 5.74) is 5.50. The molecule has 0 bridgehead atoms. The van der Waals surface area contributed by atoms with Gasteiger partial charge in [0.25, 0.3) is 5.95 Å². The summed E-state index contributed by atoms with van der Waals surface area (Å²) in [6, 6.07) is 10.9. The van der Waals surface area contributed by atoms with Crippen LogP contribution in [0.25, 0.3) is 27.8 Å². The summed E-state index contributed by atoms with van der Waals surface area (Å²) in [5.74, 6) is 0.225. The van der Waals surface area contributed by atoms with Crippen LogP contribution in [0.15, 0.2) is 48.9 Å². The molecule has 0 N–H and O–H groups in total. The van der Waals surface area contributed by atoms with Crippen LogP contribution in [0.3, 0.4) is 0 Å². The highest BCUT2D eigenvalue weighted by molar-refractivity contribution is 5.89. The zero-order valence-electron chi connectivity index (χ0n) is 20.1. The molecule has 9 nitrogen and oxygen atoms in total. The third-order valence-corrected chi connectivity index (χ3v) is 6.17. The van der Waals surface area contributed by atoms with E-state index in [4.69, 9.17) is 9.47 Å². The molecule has 0 aliphatic heterocycles. The number of aryl methyl sites for hydroxylation is 4. The van der Waals surface area contributed by atoms with Crippen molar-refractivity contribution >= 4 is 27.8 Å². The van der Waals surface area contributed by atoms with Crippen LogP contribution >= 0.6 is 0 Å². The van der Waals surface area contributed by atoms with Crippen LogP contribution in [0.1, 0.15) is 34.0 Å². The predicted octanol–water partition coefficient (Wildman–Crippen LogP) is 4.21. The summed E-state index contributed by atoms with van der Waals surface area (Å²) < 4.78 is 13.9. The number of rotatable bonds is 7. The van der Waals surface area contributed by atoms with Gasteiger partial charge in [0.05, 0.1) is 31.7 Å². The lowest BCUT2D eigenvalue weighted by Gasteiger charge is -2.10. The van der Waals surface area contributed by atoms with Crippen molar-refractivity contribution in [3.8, 4) is 11.8 Å². The Labute approximate surface area is 202 Å². The number of nitrogens with zero attached hydrogens (tertiary/aromatic N) is 6. The average molecular weight is 471 g/mol. The molecule has 0 atom stereocenters. The number of fused-ring (bicyclic) bond motifs is 2. The molecule has 0 aliphatic rings. The van der Waals surface area contributed by atoms with Crippen molar-refractivity contribution in [3.63, 3.8) is 0 Å². The van der Waals surface area contributed by atoms with Crippen LogP contribution in [0.2, 0.25) is 0 Å². The number of aromatic nitrogens is 6. The lowest BCUT2D eigenvalue weighted by Crippen LogP contribution is -2.08. The lowest BCUT2D eigenvalue weighted by atomic mass is 9.98. The average Bonchev–Trinajstić information content (AvgIpc) is 3.52. The fraction of sp³-hybridized carbons (Fsp3) is 0.269.